The number of hydrogen-bond acceptors (Lipinski definition) is 4. The maximum Gasteiger partial charge on any atom is 0.162 e. The summed E-state index contributed by atoms with van der Waals surface area (Å²) in [4.78, 5) is 2.25. The van der Waals surface area contributed by atoms with Crippen LogP contribution in [0.4, 0.5) is 5.82 Å². The molecule has 20 heavy (non-hydrogen) atoms. The molecule has 5 nitrogen and oxygen atoms in total. The van der Waals surface area contributed by atoms with Crippen LogP contribution in [0.25, 0.3) is 0 Å². The van der Waals surface area contributed by atoms with Crippen molar-refractivity contribution in [2.45, 2.75) is 46.5 Å². The number of nitrogen functional groups attached to an aromatic ring is 1. The minimum Gasteiger partial charge on any atom is -0.384 e. The Labute approximate surface area is 121 Å². The van der Waals surface area contributed by atoms with Gasteiger partial charge in [-0.1, -0.05) is 27.2 Å². The predicted molar refractivity (Wildman–Crippen MR) is 82.4 cm³/mol. The number of hydrogen-bond donors (Lipinski definition) is 2. The van der Waals surface area contributed by atoms with Crippen LogP contribution in [0.3, 0.4) is 0 Å². The highest BCUT2D eigenvalue weighted by atomic mass is 15.3. The molecule has 1 saturated heterocycles. The van der Waals surface area contributed by atoms with Crippen LogP contribution in [-0.4, -0.2) is 29.1 Å². The van der Waals surface area contributed by atoms with Gasteiger partial charge in [-0.25, -0.2) is 0 Å². The number of nitrogens with zero attached hydrogens (tertiary/aromatic N) is 3. The van der Waals surface area contributed by atoms with Gasteiger partial charge in [0.2, 0.25) is 0 Å². The van der Waals surface area contributed by atoms with E-state index in [0.717, 1.165) is 48.6 Å². The summed E-state index contributed by atoms with van der Waals surface area (Å²) in [7, 11) is 0. The molecular formula is C15H25N5. The van der Waals surface area contributed by atoms with Gasteiger partial charge in [-0.2, -0.15) is 5.10 Å². The quantitative estimate of drug-likeness (QED) is 0.637. The van der Waals surface area contributed by atoms with Gasteiger partial charge in [0.05, 0.1) is 11.3 Å². The van der Waals surface area contributed by atoms with E-state index in [4.69, 9.17) is 11.1 Å². The van der Waals surface area contributed by atoms with Crippen LogP contribution in [-0.2, 0) is 12.8 Å². The first kappa shape index (κ1) is 14.8. The molecule has 0 bridgehead atoms. The summed E-state index contributed by atoms with van der Waals surface area (Å²) in [6, 6.07) is 0. The molecule has 3 N–H and O–H groups in total. The lowest BCUT2D eigenvalue weighted by Crippen LogP contribution is -2.28. The van der Waals surface area contributed by atoms with E-state index in [2.05, 4.69) is 35.9 Å². The van der Waals surface area contributed by atoms with Crippen molar-refractivity contribution in [3.63, 3.8) is 0 Å². The highest BCUT2D eigenvalue weighted by molar-refractivity contribution is 6.01. The monoisotopic (exact) mass is 275 g/mol. The van der Waals surface area contributed by atoms with Crippen molar-refractivity contribution >= 4 is 11.7 Å². The molecule has 2 rings (SSSR count). The number of aryl methyl sites for hydroxylation is 1. The third-order valence-electron chi connectivity index (χ3n) is 4.26. The van der Waals surface area contributed by atoms with E-state index in [-0.39, 0.29) is 5.84 Å². The van der Waals surface area contributed by atoms with Crippen LogP contribution in [0.5, 0.6) is 0 Å². The molecule has 2 heterocycles. The first-order valence-corrected chi connectivity index (χ1v) is 7.60. The molecule has 0 amide bonds. The summed E-state index contributed by atoms with van der Waals surface area (Å²) in [5, 5.41) is 16.7. The van der Waals surface area contributed by atoms with Gasteiger partial charge < -0.3 is 10.6 Å². The Morgan fingerprint density at radius 2 is 2.05 bits per heavy atom. The number of nitrogens with two attached hydrogens (primary N) is 1. The predicted octanol–water partition coefficient (Wildman–Crippen LogP) is 2.12. The lowest BCUT2D eigenvalue weighted by Gasteiger charge is -2.22. The summed E-state index contributed by atoms with van der Waals surface area (Å²) < 4.78 is 0. The summed E-state index contributed by atoms with van der Waals surface area (Å²) in [6.07, 6.45) is 4.04. The van der Waals surface area contributed by atoms with E-state index in [0.29, 0.717) is 5.92 Å². The first-order chi connectivity index (χ1) is 9.62. The second kappa shape index (κ2) is 6.20. The fraction of sp³-hybridized carbons (Fsp3) is 0.667. The Bertz CT molecular complexity index is 497. The lowest BCUT2D eigenvalue weighted by molar-refractivity contribution is 0.568. The van der Waals surface area contributed by atoms with Crippen molar-refractivity contribution in [3.8, 4) is 0 Å². The highest BCUT2D eigenvalue weighted by Crippen LogP contribution is 2.29. The summed E-state index contributed by atoms with van der Waals surface area (Å²) in [5.74, 6) is 1.64. The third kappa shape index (κ3) is 2.62. The van der Waals surface area contributed by atoms with Crippen molar-refractivity contribution in [1.82, 2.24) is 10.2 Å². The maximum absolute atomic E-state index is 7.93. The summed E-state index contributed by atoms with van der Waals surface area (Å²) in [5.41, 5.74) is 8.69. The van der Waals surface area contributed by atoms with Crippen LogP contribution in [0, 0.1) is 11.3 Å². The van der Waals surface area contributed by atoms with Crippen molar-refractivity contribution in [2.24, 2.45) is 11.7 Å². The van der Waals surface area contributed by atoms with Crippen molar-refractivity contribution in [1.29, 1.82) is 5.41 Å². The van der Waals surface area contributed by atoms with Crippen molar-refractivity contribution in [3.05, 3.63) is 16.8 Å². The number of nitrogens with one attached hydrogen (secondary N) is 1. The van der Waals surface area contributed by atoms with Gasteiger partial charge in [-0.15, -0.1) is 5.10 Å². The Morgan fingerprint density at radius 3 is 2.55 bits per heavy atom. The van der Waals surface area contributed by atoms with Gasteiger partial charge in [-0.3, -0.25) is 5.41 Å². The minimum atomic E-state index is 0.112. The molecular weight excluding hydrogens is 250 g/mol. The van der Waals surface area contributed by atoms with Crippen molar-refractivity contribution in [2.75, 3.05) is 18.0 Å². The number of anilines is 1. The van der Waals surface area contributed by atoms with Crippen LogP contribution in [0.1, 0.15) is 50.4 Å². The fourth-order valence-electron chi connectivity index (χ4n) is 3.02. The van der Waals surface area contributed by atoms with Crippen LogP contribution in [0.2, 0.25) is 0 Å². The Morgan fingerprint density at radius 1 is 1.30 bits per heavy atom. The molecule has 0 aliphatic carbocycles. The average Bonchev–Trinajstić information content (AvgIpc) is 2.94. The van der Waals surface area contributed by atoms with E-state index in [1.54, 1.807) is 0 Å². The van der Waals surface area contributed by atoms with E-state index in [1.807, 2.05) is 0 Å². The number of amidine groups is 1. The molecule has 1 fully saturated rings. The van der Waals surface area contributed by atoms with E-state index >= 15 is 0 Å². The zero-order valence-corrected chi connectivity index (χ0v) is 12.7. The van der Waals surface area contributed by atoms with E-state index in [9.17, 15) is 0 Å². The molecule has 0 aromatic carbocycles. The Hall–Kier alpha value is -1.65. The summed E-state index contributed by atoms with van der Waals surface area (Å²) >= 11 is 0. The van der Waals surface area contributed by atoms with Gasteiger partial charge >= 0.3 is 0 Å². The van der Waals surface area contributed by atoms with Crippen LogP contribution < -0.4 is 10.6 Å². The number of rotatable bonds is 5. The smallest absolute Gasteiger partial charge is 0.162 e. The molecule has 1 atom stereocenters. The van der Waals surface area contributed by atoms with Crippen LogP contribution in [0.15, 0.2) is 0 Å². The number of aromatic nitrogens is 2. The Kier molecular flexibility index (Phi) is 4.57. The van der Waals surface area contributed by atoms with Gasteiger partial charge in [0.1, 0.15) is 5.84 Å². The third-order valence-corrected chi connectivity index (χ3v) is 4.26. The normalized spacial score (nSPS) is 18.6. The van der Waals surface area contributed by atoms with Crippen molar-refractivity contribution < 1.29 is 0 Å². The molecule has 110 valence electrons. The fourth-order valence-corrected chi connectivity index (χ4v) is 3.02. The molecule has 0 radical (unpaired) electrons. The zero-order valence-electron chi connectivity index (χ0n) is 12.7. The molecule has 0 spiro atoms. The van der Waals surface area contributed by atoms with E-state index < -0.39 is 0 Å². The molecule has 1 unspecified atom stereocenters. The second-order valence-electron chi connectivity index (χ2n) is 5.45. The standard InChI is InChI=1S/C15H25N5/c1-4-10-7-8-20(9-10)15-13(14(16)17)11(5-2)12(6-3)18-19-15/h10H,4-9H2,1-3H3,(H3,16,17). The molecule has 5 heteroatoms. The SMILES string of the molecule is CCc1nnc(N2CCC(CC)C2)c(C(=N)N)c1CC. The highest BCUT2D eigenvalue weighted by Gasteiger charge is 2.27. The van der Waals surface area contributed by atoms with Gasteiger partial charge in [0, 0.05) is 13.1 Å². The van der Waals surface area contributed by atoms with E-state index in [1.165, 1.54) is 12.8 Å². The molecule has 1 aromatic heterocycles. The topological polar surface area (TPSA) is 78.9 Å². The van der Waals surface area contributed by atoms with Crippen LogP contribution >= 0.6 is 0 Å². The maximum atomic E-state index is 7.93. The molecule has 1 aromatic rings. The zero-order chi connectivity index (χ0) is 14.7. The Balaban J connectivity index is 2.45. The second-order valence-corrected chi connectivity index (χ2v) is 5.45. The lowest BCUT2D eigenvalue weighted by atomic mass is 10.0. The minimum absolute atomic E-state index is 0.112. The summed E-state index contributed by atoms with van der Waals surface area (Å²) in [6.45, 7) is 8.37. The van der Waals surface area contributed by atoms with Gasteiger partial charge in [0.25, 0.3) is 0 Å². The molecule has 1 aliphatic rings. The largest absolute Gasteiger partial charge is 0.384 e. The average molecular weight is 275 g/mol. The molecule has 0 saturated carbocycles. The van der Waals surface area contributed by atoms with Gasteiger partial charge in [-0.05, 0) is 30.7 Å². The van der Waals surface area contributed by atoms with Gasteiger partial charge in [0.15, 0.2) is 5.82 Å². The molecule has 1 aliphatic heterocycles. The first-order valence-electron chi connectivity index (χ1n) is 7.60.